The van der Waals surface area contributed by atoms with Crippen molar-refractivity contribution in [2.75, 3.05) is 9.96 Å². The first-order valence-corrected chi connectivity index (χ1v) is 12.7. The van der Waals surface area contributed by atoms with Crippen LogP contribution in [0.1, 0.15) is 0 Å². The summed E-state index contributed by atoms with van der Waals surface area (Å²) in [5.41, 5.74) is 2.33. The molecule has 0 radical (unpaired) electrons. The second-order valence-corrected chi connectivity index (χ2v) is 15.7. The summed E-state index contributed by atoms with van der Waals surface area (Å²) >= 11 is 0. The average Bonchev–Trinajstić information content (AvgIpc) is 2.03. The molecule has 0 atom stereocenters. The smallest absolute Gasteiger partial charge is 0.144 e. The highest BCUT2D eigenvalue weighted by molar-refractivity contribution is 6.80. The van der Waals surface area contributed by atoms with Gasteiger partial charge < -0.3 is 9.96 Å². The highest BCUT2D eigenvalue weighted by Crippen LogP contribution is 2.24. The van der Waals surface area contributed by atoms with Crippen molar-refractivity contribution in [2.45, 2.75) is 39.3 Å². The zero-order valence-corrected chi connectivity index (χ0v) is 13.2. The summed E-state index contributed by atoms with van der Waals surface area (Å²) in [6.07, 6.45) is 3.76. The van der Waals surface area contributed by atoms with E-state index >= 15 is 0 Å². The summed E-state index contributed by atoms with van der Waals surface area (Å²) in [6, 6.07) is 2.06. The van der Waals surface area contributed by atoms with E-state index in [0.29, 0.717) is 0 Å². The van der Waals surface area contributed by atoms with Crippen LogP contribution in [0.15, 0.2) is 18.5 Å². The van der Waals surface area contributed by atoms with Crippen LogP contribution in [0.2, 0.25) is 39.3 Å². The summed E-state index contributed by atoms with van der Waals surface area (Å²) in [5, 5.41) is 0. The lowest BCUT2D eigenvalue weighted by Crippen LogP contribution is -2.35. The first-order chi connectivity index (χ1) is 7.17. The zero-order valence-electron chi connectivity index (χ0n) is 11.2. The lowest BCUT2D eigenvalue weighted by Gasteiger charge is -2.26. The predicted octanol–water partition coefficient (Wildman–Crippen LogP) is 3.58. The highest BCUT2D eigenvalue weighted by atomic mass is 28.3. The number of hydrogen-bond acceptors (Lipinski definition) is 3. The predicted molar refractivity (Wildman–Crippen MR) is 78.2 cm³/mol. The lowest BCUT2D eigenvalue weighted by atomic mass is 10.4. The topological polar surface area (TPSA) is 37.0 Å². The number of aromatic nitrogens is 1. The molecule has 90 valence electrons. The van der Waals surface area contributed by atoms with Crippen LogP contribution < -0.4 is 9.96 Å². The highest BCUT2D eigenvalue weighted by Gasteiger charge is 2.18. The Balaban J connectivity index is 2.92. The van der Waals surface area contributed by atoms with Gasteiger partial charge in [-0.15, -0.1) is 0 Å². The van der Waals surface area contributed by atoms with Gasteiger partial charge in [0.25, 0.3) is 0 Å². The molecule has 0 aliphatic heterocycles. The molecule has 1 aromatic rings. The van der Waals surface area contributed by atoms with Crippen molar-refractivity contribution in [1.29, 1.82) is 0 Å². The molecule has 0 saturated carbocycles. The monoisotopic (exact) mass is 253 g/mol. The minimum Gasteiger partial charge on any atom is -0.409 e. The SMILES string of the molecule is C[Si](C)(C)Nc1ccncc1N[Si](C)(C)C. The van der Waals surface area contributed by atoms with Crippen LogP contribution in [-0.2, 0) is 0 Å². The normalized spacial score (nSPS) is 12.4. The molecular formula is C11H23N3Si2. The molecule has 3 nitrogen and oxygen atoms in total. The van der Waals surface area contributed by atoms with E-state index in [1.807, 2.05) is 12.4 Å². The standard InChI is InChI=1S/C11H23N3Si2/c1-15(2,3)13-10-7-8-12-9-11(10)14-16(4,5)6/h7-9,14H,1-6H3,(H,12,13). The molecule has 0 aliphatic rings. The van der Waals surface area contributed by atoms with E-state index in [1.54, 1.807) is 0 Å². The van der Waals surface area contributed by atoms with E-state index in [1.165, 1.54) is 5.69 Å². The summed E-state index contributed by atoms with van der Waals surface area (Å²) in [4.78, 5) is 11.4. The van der Waals surface area contributed by atoms with Gasteiger partial charge in [-0.05, 0) is 6.07 Å². The maximum atomic E-state index is 4.19. The molecule has 0 fully saturated rings. The van der Waals surface area contributed by atoms with Crippen LogP contribution in [0.4, 0.5) is 11.4 Å². The summed E-state index contributed by atoms with van der Waals surface area (Å²) in [6.45, 7) is 13.8. The molecule has 1 rings (SSSR count). The Labute approximate surface area is 101 Å². The second-order valence-electron chi connectivity index (χ2n) is 6.17. The molecule has 5 heteroatoms. The Kier molecular flexibility index (Phi) is 3.80. The van der Waals surface area contributed by atoms with E-state index in [0.717, 1.165) is 5.69 Å². The van der Waals surface area contributed by atoms with Gasteiger partial charge in [0.15, 0.2) is 0 Å². The van der Waals surface area contributed by atoms with Gasteiger partial charge in [0.05, 0.1) is 17.6 Å². The zero-order chi connectivity index (χ0) is 12.4. The Hall–Kier alpha value is -0.816. The van der Waals surface area contributed by atoms with Gasteiger partial charge in [-0.2, -0.15) is 0 Å². The third-order valence-corrected chi connectivity index (χ3v) is 3.88. The van der Waals surface area contributed by atoms with Crippen LogP contribution in [0, 0.1) is 0 Å². The van der Waals surface area contributed by atoms with Crippen LogP contribution >= 0.6 is 0 Å². The van der Waals surface area contributed by atoms with Gasteiger partial charge in [-0.1, -0.05) is 39.3 Å². The van der Waals surface area contributed by atoms with Crippen molar-refractivity contribution in [3.8, 4) is 0 Å². The molecule has 16 heavy (non-hydrogen) atoms. The van der Waals surface area contributed by atoms with Crippen LogP contribution in [0.5, 0.6) is 0 Å². The number of pyridine rings is 1. The fraction of sp³-hybridized carbons (Fsp3) is 0.545. The van der Waals surface area contributed by atoms with E-state index in [9.17, 15) is 0 Å². The Morgan fingerprint density at radius 1 is 0.875 bits per heavy atom. The van der Waals surface area contributed by atoms with Crippen molar-refractivity contribution in [3.63, 3.8) is 0 Å². The number of hydrogen-bond donors (Lipinski definition) is 2. The minimum atomic E-state index is -1.32. The molecular weight excluding hydrogens is 230 g/mol. The molecule has 0 bridgehead atoms. The van der Waals surface area contributed by atoms with Crippen LogP contribution in [-0.4, -0.2) is 21.5 Å². The molecule has 0 aromatic carbocycles. The molecule has 0 spiro atoms. The second kappa shape index (κ2) is 4.59. The number of nitrogens with zero attached hydrogens (tertiary/aromatic N) is 1. The van der Waals surface area contributed by atoms with Gasteiger partial charge in [0.1, 0.15) is 16.5 Å². The van der Waals surface area contributed by atoms with E-state index < -0.39 is 16.5 Å². The van der Waals surface area contributed by atoms with Gasteiger partial charge in [0.2, 0.25) is 0 Å². The Morgan fingerprint density at radius 3 is 1.88 bits per heavy atom. The lowest BCUT2D eigenvalue weighted by molar-refractivity contribution is 1.32. The largest absolute Gasteiger partial charge is 0.409 e. The summed E-state index contributed by atoms with van der Waals surface area (Å²) in [5.74, 6) is 0. The van der Waals surface area contributed by atoms with Gasteiger partial charge in [-0.25, -0.2) is 0 Å². The molecule has 2 N–H and O–H groups in total. The van der Waals surface area contributed by atoms with Gasteiger partial charge in [-0.3, -0.25) is 4.98 Å². The van der Waals surface area contributed by atoms with Crippen LogP contribution in [0.3, 0.4) is 0 Å². The summed E-state index contributed by atoms with van der Waals surface area (Å²) < 4.78 is 0. The van der Waals surface area contributed by atoms with E-state index in [4.69, 9.17) is 0 Å². The maximum absolute atomic E-state index is 4.19. The van der Waals surface area contributed by atoms with Crippen molar-refractivity contribution in [3.05, 3.63) is 18.5 Å². The van der Waals surface area contributed by atoms with E-state index in [2.05, 4.69) is 60.3 Å². The average molecular weight is 253 g/mol. The van der Waals surface area contributed by atoms with Crippen molar-refractivity contribution < 1.29 is 0 Å². The third-order valence-electron chi connectivity index (χ3n) is 1.84. The first kappa shape index (κ1) is 13.2. The fourth-order valence-corrected chi connectivity index (χ4v) is 3.44. The molecule has 0 saturated heterocycles. The Bertz CT molecular complexity index is 318. The van der Waals surface area contributed by atoms with E-state index in [-0.39, 0.29) is 0 Å². The first-order valence-electron chi connectivity index (χ1n) is 5.68. The van der Waals surface area contributed by atoms with Crippen molar-refractivity contribution in [1.82, 2.24) is 4.98 Å². The molecule has 1 heterocycles. The Morgan fingerprint density at radius 2 is 1.38 bits per heavy atom. The number of anilines is 2. The van der Waals surface area contributed by atoms with Crippen molar-refractivity contribution in [2.24, 2.45) is 0 Å². The minimum absolute atomic E-state index is 1.14. The van der Waals surface area contributed by atoms with Gasteiger partial charge in [0, 0.05) is 6.20 Å². The van der Waals surface area contributed by atoms with Crippen LogP contribution in [0.25, 0.3) is 0 Å². The van der Waals surface area contributed by atoms with Crippen molar-refractivity contribution >= 4 is 27.8 Å². The molecule has 1 aromatic heterocycles. The third kappa shape index (κ3) is 4.80. The molecule has 0 amide bonds. The fourth-order valence-electron chi connectivity index (χ4n) is 1.41. The molecule has 0 aliphatic carbocycles. The quantitative estimate of drug-likeness (QED) is 0.806. The van der Waals surface area contributed by atoms with Gasteiger partial charge >= 0.3 is 0 Å². The molecule has 0 unspecified atom stereocenters. The number of rotatable bonds is 4. The maximum Gasteiger partial charge on any atom is 0.144 e. The number of nitrogens with one attached hydrogen (secondary N) is 2. The summed E-state index contributed by atoms with van der Waals surface area (Å²) in [7, 11) is -2.63.